The van der Waals surface area contributed by atoms with Crippen LogP contribution in [0.1, 0.15) is 18.9 Å². The Morgan fingerprint density at radius 3 is 2.67 bits per heavy atom. The highest BCUT2D eigenvalue weighted by Gasteiger charge is 2.12. The zero-order chi connectivity index (χ0) is 17.5. The monoisotopic (exact) mass is 384 g/mol. The molecule has 0 unspecified atom stereocenters. The van der Waals surface area contributed by atoms with Gasteiger partial charge in [0.2, 0.25) is 5.91 Å². The summed E-state index contributed by atoms with van der Waals surface area (Å²) < 4.78 is 1.66. The third-order valence-corrected chi connectivity index (χ3v) is 6.23. The highest BCUT2D eigenvalue weighted by Crippen LogP contribution is 2.29. The summed E-state index contributed by atoms with van der Waals surface area (Å²) in [7, 11) is 0. The second-order valence-electron chi connectivity index (χ2n) is 4.78. The van der Waals surface area contributed by atoms with E-state index in [2.05, 4.69) is 22.4 Å². The number of hydrogen-bond donors (Lipinski definition) is 1. The molecular formula is C14H16N4O3S3. The average molecular weight is 385 g/mol. The number of hydrogen-bond acceptors (Lipinski definition) is 8. The SMILES string of the molecule is CCCSc1nnc(SCC(=O)Nc2ccc([N+](=O)[O-])cc2C)s1. The van der Waals surface area contributed by atoms with Gasteiger partial charge in [-0.1, -0.05) is 41.8 Å². The van der Waals surface area contributed by atoms with Crippen molar-refractivity contribution in [2.75, 3.05) is 16.8 Å². The molecule has 1 amide bonds. The van der Waals surface area contributed by atoms with Crippen LogP contribution in [-0.2, 0) is 4.79 Å². The number of benzene rings is 1. The molecule has 0 fully saturated rings. The molecule has 128 valence electrons. The van der Waals surface area contributed by atoms with E-state index in [0.29, 0.717) is 11.3 Å². The Hall–Kier alpha value is -1.65. The van der Waals surface area contributed by atoms with Gasteiger partial charge in [0.05, 0.1) is 10.7 Å². The largest absolute Gasteiger partial charge is 0.325 e. The Labute approximate surface area is 151 Å². The smallest absolute Gasteiger partial charge is 0.269 e. The molecule has 1 N–H and O–H groups in total. The number of nitrogens with zero attached hydrogens (tertiary/aromatic N) is 3. The minimum absolute atomic E-state index is 0.00541. The Morgan fingerprint density at radius 1 is 1.33 bits per heavy atom. The first-order valence-electron chi connectivity index (χ1n) is 7.13. The predicted molar refractivity (Wildman–Crippen MR) is 98.1 cm³/mol. The lowest BCUT2D eigenvalue weighted by Gasteiger charge is -2.07. The molecule has 1 aromatic heterocycles. The Morgan fingerprint density at radius 2 is 2.04 bits per heavy atom. The molecular weight excluding hydrogens is 368 g/mol. The number of rotatable bonds is 8. The number of amides is 1. The van der Waals surface area contributed by atoms with Crippen molar-refractivity contribution in [3.8, 4) is 0 Å². The zero-order valence-corrected chi connectivity index (χ0v) is 15.6. The Kier molecular flexibility index (Phi) is 7.00. The first-order valence-corrected chi connectivity index (χ1v) is 9.92. The zero-order valence-electron chi connectivity index (χ0n) is 13.1. The van der Waals surface area contributed by atoms with Crippen molar-refractivity contribution in [3.05, 3.63) is 33.9 Å². The number of non-ortho nitro benzene ring substituents is 1. The van der Waals surface area contributed by atoms with Crippen LogP contribution in [0.4, 0.5) is 11.4 Å². The fraction of sp³-hybridized carbons (Fsp3) is 0.357. The van der Waals surface area contributed by atoms with Crippen LogP contribution >= 0.6 is 34.9 Å². The van der Waals surface area contributed by atoms with Crippen molar-refractivity contribution >= 4 is 52.1 Å². The van der Waals surface area contributed by atoms with E-state index < -0.39 is 4.92 Å². The van der Waals surface area contributed by atoms with E-state index in [1.807, 2.05) is 0 Å². The number of aryl methyl sites for hydroxylation is 1. The first-order chi connectivity index (χ1) is 11.5. The summed E-state index contributed by atoms with van der Waals surface area (Å²) in [5, 5.41) is 21.6. The molecule has 1 heterocycles. The molecule has 0 bridgehead atoms. The lowest BCUT2D eigenvalue weighted by molar-refractivity contribution is -0.384. The maximum Gasteiger partial charge on any atom is 0.269 e. The number of carbonyl (C=O) groups is 1. The first kappa shape index (κ1) is 18.7. The lowest BCUT2D eigenvalue weighted by atomic mass is 10.2. The molecule has 0 radical (unpaired) electrons. The standard InChI is InChI=1S/C14H16N4O3S3/c1-3-6-22-13-16-17-14(24-13)23-8-12(19)15-11-5-4-10(18(20)21)7-9(11)2/h4-5,7H,3,6,8H2,1-2H3,(H,15,19). The van der Waals surface area contributed by atoms with Gasteiger partial charge in [-0.2, -0.15) is 0 Å². The van der Waals surface area contributed by atoms with Crippen molar-refractivity contribution in [3.63, 3.8) is 0 Å². The molecule has 2 aromatic rings. The summed E-state index contributed by atoms with van der Waals surface area (Å²) in [5.74, 6) is 1.03. The van der Waals surface area contributed by atoms with E-state index in [0.717, 1.165) is 20.9 Å². The number of nitrogens with one attached hydrogen (secondary N) is 1. The molecule has 0 saturated heterocycles. The maximum atomic E-state index is 12.0. The summed E-state index contributed by atoms with van der Waals surface area (Å²) in [6.45, 7) is 3.83. The van der Waals surface area contributed by atoms with Gasteiger partial charge in [-0.3, -0.25) is 14.9 Å². The van der Waals surface area contributed by atoms with E-state index in [-0.39, 0.29) is 17.3 Å². The molecule has 7 nitrogen and oxygen atoms in total. The highest BCUT2D eigenvalue weighted by atomic mass is 32.2. The Balaban J connectivity index is 1.87. The van der Waals surface area contributed by atoms with Crippen molar-refractivity contribution < 1.29 is 9.72 Å². The van der Waals surface area contributed by atoms with Crippen LogP contribution in [0.15, 0.2) is 26.9 Å². The van der Waals surface area contributed by atoms with Gasteiger partial charge in [0.25, 0.3) is 5.69 Å². The second-order valence-corrected chi connectivity index (χ2v) is 8.32. The van der Waals surface area contributed by atoms with Crippen molar-refractivity contribution in [2.45, 2.75) is 28.9 Å². The maximum absolute atomic E-state index is 12.0. The molecule has 0 spiro atoms. The molecule has 0 aliphatic rings. The number of aromatic nitrogens is 2. The van der Waals surface area contributed by atoms with Gasteiger partial charge in [-0.25, -0.2) is 0 Å². The summed E-state index contributed by atoms with van der Waals surface area (Å²) in [4.78, 5) is 22.3. The summed E-state index contributed by atoms with van der Waals surface area (Å²) in [5.41, 5.74) is 1.23. The number of nitro groups is 1. The van der Waals surface area contributed by atoms with Crippen molar-refractivity contribution in [1.82, 2.24) is 10.2 Å². The predicted octanol–water partition coefficient (Wildman–Crippen LogP) is 3.99. The number of nitro benzene ring substituents is 1. The normalized spacial score (nSPS) is 10.6. The third kappa shape index (κ3) is 5.46. The molecule has 0 aliphatic carbocycles. The molecule has 0 saturated carbocycles. The van der Waals surface area contributed by atoms with E-state index in [4.69, 9.17) is 0 Å². The van der Waals surface area contributed by atoms with Crippen LogP contribution in [0.3, 0.4) is 0 Å². The highest BCUT2D eigenvalue weighted by molar-refractivity contribution is 8.03. The molecule has 10 heteroatoms. The molecule has 0 atom stereocenters. The van der Waals surface area contributed by atoms with Gasteiger partial charge in [0, 0.05) is 23.6 Å². The van der Waals surface area contributed by atoms with E-state index in [1.165, 1.54) is 35.2 Å². The summed E-state index contributed by atoms with van der Waals surface area (Å²) in [6, 6.07) is 4.35. The fourth-order valence-corrected chi connectivity index (χ4v) is 4.46. The number of carbonyl (C=O) groups excluding carboxylic acids is 1. The van der Waals surface area contributed by atoms with Crippen LogP contribution in [0.5, 0.6) is 0 Å². The van der Waals surface area contributed by atoms with Crippen molar-refractivity contribution in [2.24, 2.45) is 0 Å². The minimum Gasteiger partial charge on any atom is -0.325 e. The third-order valence-electron chi connectivity index (χ3n) is 2.84. The summed E-state index contributed by atoms with van der Waals surface area (Å²) >= 11 is 4.47. The fourth-order valence-electron chi connectivity index (χ4n) is 1.72. The van der Waals surface area contributed by atoms with Gasteiger partial charge in [-0.15, -0.1) is 10.2 Å². The molecule has 0 aliphatic heterocycles. The van der Waals surface area contributed by atoms with Crippen LogP contribution in [-0.4, -0.2) is 32.5 Å². The lowest BCUT2D eigenvalue weighted by Crippen LogP contribution is -2.14. The van der Waals surface area contributed by atoms with E-state index in [9.17, 15) is 14.9 Å². The topological polar surface area (TPSA) is 98.0 Å². The van der Waals surface area contributed by atoms with Crippen molar-refractivity contribution in [1.29, 1.82) is 0 Å². The quantitative estimate of drug-likeness (QED) is 0.417. The Bertz CT molecular complexity index is 736. The van der Waals surface area contributed by atoms with Crippen LogP contribution in [0.25, 0.3) is 0 Å². The van der Waals surface area contributed by atoms with Gasteiger partial charge in [0.1, 0.15) is 0 Å². The average Bonchev–Trinajstić information content (AvgIpc) is 3.00. The van der Waals surface area contributed by atoms with Gasteiger partial charge >= 0.3 is 0 Å². The van der Waals surface area contributed by atoms with Crippen LogP contribution < -0.4 is 5.32 Å². The molecule has 24 heavy (non-hydrogen) atoms. The number of thioether (sulfide) groups is 2. The molecule has 1 aromatic carbocycles. The van der Waals surface area contributed by atoms with Gasteiger partial charge in [-0.05, 0) is 25.0 Å². The van der Waals surface area contributed by atoms with E-state index >= 15 is 0 Å². The van der Waals surface area contributed by atoms with Crippen LogP contribution in [0, 0.1) is 17.0 Å². The van der Waals surface area contributed by atoms with Crippen LogP contribution in [0.2, 0.25) is 0 Å². The molecule has 2 rings (SSSR count). The van der Waals surface area contributed by atoms with E-state index in [1.54, 1.807) is 24.8 Å². The van der Waals surface area contributed by atoms with Gasteiger partial charge < -0.3 is 5.32 Å². The minimum atomic E-state index is -0.460. The second kappa shape index (κ2) is 9.00. The number of anilines is 1. The summed E-state index contributed by atoms with van der Waals surface area (Å²) in [6.07, 6.45) is 1.07. The van der Waals surface area contributed by atoms with Gasteiger partial charge in [0.15, 0.2) is 8.68 Å².